The second-order valence-electron chi connectivity index (χ2n) is 8.03. The molecule has 2 amide bonds. The molecule has 0 aliphatic rings. The van der Waals surface area contributed by atoms with E-state index in [2.05, 4.69) is 20.4 Å². The van der Waals surface area contributed by atoms with E-state index < -0.39 is 36.1 Å². The molecular weight excluding hydrogens is 532 g/mol. The summed E-state index contributed by atoms with van der Waals surface area (Å²) in [6, 6.07) is 5.91. The van der Waals surface area contributed by atoms with E-state index >= 15 is 0 Å². The van der Waals surface area contributed by atoms with Crippen LogP contribution in [-0.2, 0) is 0 Å². The average Bonchev–Trinajstić information content (AvgIpc) is 3.54. The van der Waals surface area contributed by atoms with Gasteiger partial charge in [0.25, 0.3) is 24.7 Å². The van der Waals surface area contributed by atoms with Crippen molar-refractivity contribution in [1.29, 1.82) is 0 Å². The number of primary amides is 1. The number of aryl methyl sites for hydroxylation is 2. The maximum atomic E-state index is 13.6. The zero-order chi connectivity index (χ0) is 26.6. The average molecular weight is 549 g/mol. The number of hydrogen-bond acceptors (Lipinski definition) is 7. The molecule has 0 bridgehead atoms. The van der Waals surface area contributed by atoms with E-state index in [-0.39, 0.29) is 37.7 Å². The lowest BCUT2D eigenvalue weighted by Crippen LogP contribution is -2.17. The van der Waals surface area contributed by atoms with Crippen LogP contribution in [0.15, 0.2) is 30.5 Å². The molecule has 0 aliphatic heterocycles. The molecule has 190 valence electrons. The van der Waals surface area contributed by atoms with Crippen molar-refractivity contribution in [2.45, 2.75) is 26.7 Å². The Morgan fingerprint density at radius 2 is 1.81 bits per heavy atom. The Kier molecular flexibility index (Phi) is 6.15. The Morgan fingerprint density at radius 3 is 2.43 bits per heavy atom. The van der Waals surface area contributed by atoms with Crippen molar-refractivity contribution in [2.24, 2.45) is 5.73 Å². The van der Waals surface area contributed by atoms with Crippen molar-refractivity contribution >= 4 is 56.0 Å². The van der Waals surface area contributed by atoms with Gasteiger partial charge in [-0.1, -0.05) is 0 Å². The number of pyridine rings is 1. The minimum atomic E-state index is -2.88. The predicted octanol–water partition coefficient (Wildman–Crippen LogP) is 5.91. The molecule has 5 heterocycles. The number of hydrogen-bond donors (Lipinski definition) is 2. The highest BCUT2D eigenvalue weighted by Gasteiger charge is 2.27. The number of halogens is 4. The number of carbonyl (C=O) groups is 2. The molecule has 0 spiro atoms. The third kappa shape index (κ3) is 4.31. The highest BCUT2D eigenvalue weighted by molar-refractivity contribution is 7.21. The Balaban J connectivity index is 1.70. The van der Waals surface area contributed by atoms with E-state index in [1.54, 1.807) is 6.07 Å². The van der Waals surface area contributed by atoms with E-state index in [0.717, 1.165) is 33.0 Å². The number of fused-ring (bicyclic) bond motifs is 2. The summed E-state index contributed by atoms with van der Waals surface area (Å²) < 4.78 is 55.2. The maximum Gasteiger partial charge on any atom is 0.280 e. The minimum absolute atomic E-state index is 0.0204. The fourth-order valence-corrected chi connectivity index (χ4v) is 5.81. The monoisotopic (exact) mass is 548 g/mol. The van der Waals surface area contributed by atoms with Gasteiger partial charge < -0.3 is 11.1 Å². The molecule has 0 aromatic carbocycles. The van der Waals surface area contributed by atoms with Crippen LogP contribution in [-0.4, -0.2) is 31.4 Å². The van der Waals surface area contributed by atoms with Crippen LogP contribution in [0.3, 0.4) is 0 Å². The minimum Gasteiger partial charge on any atom is -0.365 e. The summed E-state index contributed by atoms with van der Waals surface area (Å²) in [4.78, 5) is 35.3. The molecule has 3 N–H and O–H groups in total. The number of amides is 2. The molecule has 37 heavy (non-hydrogen) atoms. The predicted molar refractivity (Wildman–Crippen MR) is 132 cm³/mol. The lowest BCUT2D eigenvalue weighted by Gasteiger charge is -2.10. The van der Waals surface area contributed by atoms with Gasteiger partial charge >= 0.3 is 0 Å². The molecule has 8 nitrogen and oxygen atoms in total. The number of thiophene rings is 2. The van der Waals surface area contributed by atoms with Crippen LogP contribution in [0.4, 0.5) is 23.2 Å². The van der Waals surface area contributed by atoms with Crippen molar-refractivity contribution in [3.63, 3.8) is 0 Å². The molecule has 0 fully saturated rings. The summed E-state index contributed by atoms with van der Waals surface area (Å²) >= 11 is 2.10. The number of alkyl halides is 4. The van der Waals surface area contributed by atoms with E-state index in [0.29, 0.717) is 10.4 Å². The first-order valence-electron chi connectivity index (χ1n) is 10.6. The summed E-state index contributed by atoms with van der Waals surface area (Å²) in [7, 11) is 0. The quantitative estimate of drug-likeness (QED) is 0.256. The third-order valence-electron chi connectivity index (χ3n) is 5.47. The smallest absolute Gasteiger partial charge is 0.280 e. The van der Waals surface area contributed by atoms with Gasteiger partial charge in [0.2, 0.25) is 0 Å². The first-order valence-corrected chi connectivity index (χ1v) is 12.3. The summed E-state index contributed by atoms with van der Waals surface area (Å²) in [5.41, 5.74) is 4.94. The first kappa shape index (κ1) is 24.8. The fraction of sp³-hybridized carbons (Fsp3) is 0.174. The summed E-state index contributed by atoms with van der Waals surface area (Å²) in [5.74, 6) is -1.71. The largest absolute Gasteiger partial charge is 0.365 e. The number of nitrogens with two attached hydrogens (primary N) is 1. The molecule has 5 aromatic rings. The molecule has 0 atom stereocenters. The van der Waals surface area contributed by atoms with Crippen LogP contribution in [0.5, 0.6) is 0 Å². The summed E-state index contributed by atoms with van der Waals surface area (Å²) in [6.07, 6.45) is -4.66. The second-order valence-corrected chi connectivity index (χ2v) is 10.3. The van der Waals surface area contributed by atoms with Crippen molar-refractivity contribution in [1.82, 2.24) is 19.6 Å². The van der Waals surface area contributed by atoms with Crippen LogP contribution in [0.2, 0.25) is 0 Å². The zero-order valence-electron chi connectivity index (χ0n) is 19.1. The van der Waals surface area contributed by atoms with E-state index in [9.17, 15) is 27.2 Å². The van der Waals surface area contributed by atoms with E-state index in [1.807, 2.05) is 13.0 Å². The number of aromatic nitrogens is 4. The second kappa shape index (κ2) is 9.19. The number of rotatable bonds is 6. The molecule has 0 saturated heterocycles. The SMILES string of the molecule is Cc1cc(C(F)F)n2ncc(C(=O)Nc3c(C(N)=O)sc4nc(C(F)F)cc(-c5ccc(C)s5)c34)c2n1. The van der Waals surface area contributed by atoms with Crippen molar-refractivity contribution in [3.05, 3.63) is 62.9 Å². The zero-order valence-corrected chi connectivity index (χ0v) is 20.7. The molecule has 0 radical (unpaired) electrons. The normalized spacial score (nSPS) is 11.8. The topological polar surface area (TPSA) is 115 Å². The lowest BCUT2D eigenvalue weighted by molar-refractivity contribution is 0.100. The molecule has 0 saturated carbocycles. The van der Waals surface area contributed by atoms with Gasteiger partial charge in [-0.25, -0.2) is 32.0 Å². The van der Waals surface area contributed by atoms with Gasteiger partial charge in [0.05, 0.1) is 11.9 Å². The molecule has 5 aromatic heterocycles. The standard InChI is InChI=1S/C23H16F4N6O2S2/c1-8-5-13(19(26)27)33-21(30-8)11(7-29-33)22(35)32-16-15-10(14-4-3-9(2)36-14)6-12(18(24)25)31-23(15)37-17(16)20(28)34/h3-7,18-19H,1-2H3,(H2,28,34)(H,32,35). The van der Waals surface area contributed by atoms with Crippen molar-refractivity contribution in [3.8, 4) is 10.4 Å². The molecule has 0 unspecified atom stereocenters. The Hall–Kier alpha value is -3.91. The van der Waals surface area contributed by atoms with Crippen LogP contribution in [0.25, 0.3) is 26.3 Å². The summed E-state index contributed by atoms with van der Waals surface area (Å²) in [6.45, 7) is 3.35. The molecule has 0 aliphatic carbocycles. The van der Waals surface area contributed by atoms with E-state index in [1.165, 1.54) is 24.3 Å². The Morgan fingerprint density at radius 1 is 1.05 bits per heavy atom. The van der Waals surface area contributed by atoms with Gasteiger partial charge in [-0.05, 0) is 38.1 Å². The number of carbonyl (C=O) groups excluding carboxylic acids is 2. The maximum absolute atomic E-state index is 13.6. The van der Waals surface area contributed by atoms with Gasteiger partial charge in [-0.3, -0.25) is 9.59 Å². The highest BCUT2D eigenvalue weighted by Crippen LogP contribution is 2.44. The van der Waals surface area contributed by atoms with Crippen molar-refractivity contribution in [2.75, 3.05) is 5.32 Å². The fourth-order valence-electron chi connectivity index (χ4n) is 3.91. The Bertz CT molecular complexity index is 1710. The number of anilines is 1. The van der Waals surface area contributed by atoms with Gasteiger partial charge in [0.15, 0.2) is 5.65 Å². The van der Waals surface area contributed by atoms with Gasteiger partial charge in [-0.15, -0.1) is 22.7 Å². The van der Waals surface area contributed by atoms with Gasteiger partial charge in [-0.2, -0.15) is 5.10 Å². The van der Waals surface area contributed by atoms with Crippen molar-refractivity contribution < 1.29 is 27.2 Å². The third-order valence-corrected chi connectivity index (χ3v) is 7.60. The van der Waals surface area contributed by atoms with Gasteiger partial charge in [0.1, 0.15) is 26.7 Å². The number of nitrogens with zero attached hydrogens (tertiary/aromatic N) is 4. The van der Waals surface area contributed by atoms with Crippen LogP contribution in [0, 0.1) is 13.8 Å². The van der Waals surface area contributed by atoms with Gasteiger partial charge in [0, 0.05) is 26.4 Å². The lowest BCUT2D eigenvalue weighted by atomic mass is 10.1. The first-order chi connectivity index (χ1) is 17.5. The molecule has 14 heteroatoms. The Labute approximate surface area is 213 Å². The molecular formula is C23H16F4N6O2S2. The van der Waals surface area contributed by atoms with Crippen LogP contribution < -0.4 is 11.1 Å². The van der Waals surface area contributed by atoms with E-state index in [4.69, 9.17) is 5.73 Å². The van der Waals surface area contributed by atoms with Crippen LogP contribution in [0.1, 0.15) is 54.8 Å². The number of nitrogens with one attached hydrogen (secondary N) is 1. The van der Waals surface area contributed by atoms with Crippen LogP contribution >= 0.6 is 22.7 Å². The summed E-state index contributed by atoms with van der Waals surface area (Å²) in [5, 5.41) is 6.75. The molecule has 5 rings (SSSR count). The highest BCUT2D eigenvalue weighted by atomic mass is 32.1.